The van der Waals surface area contributed by atoms with Gasteiger partial charge in [0.25, 0.3) is 0 Å². The number of aliphatic hydroxyl groups is 4. The Kier molecular flexibility index (Phi) is 5.89. The smallest absolute Gasteiger partial charge is 0.154 e. The Labute approximate surface area is 230 Å². The summed E-state index contributed by atoms with van der Waals surface area (Å²) in [4.78, 5) is 0. The van der Waals surface area contributed by atoms with Crippen molar-refractivity contribution in [2.45, 2.75) is 62.9 Å². The fourth-order valence-electron chi connectivity index (χ4n) is 7.51. The third kappa shape index (κ3) is 3.37. The Hall–Kier alpha value is -2.90. The van der Waals surface area contributed by atoms with Gasteiger partial charge in [-0.2, -0.15) is 0 Å². The maximum absolute atomic E-state index is 12.0. The van der Waals surface area contributed by atoms with Crippen molar-refractivity contribution in [3.63, 3.8) is 0 Å². The Balaban J connectivity index is 1.45. The normalized spacial score (nSPS) is 36.3. The maximum atomic E-state index is 12.0. The van der Waals surface area contributed by atoms with Gasteiger partial charge in [0.2, 0.25) is 0 Å². The molecule has 0 aromatic heterocycles. The highest BCUT2D eigenvalue weighted by Crippen LogP contribution is 2.61. The third-order valence-corrected chi connectivity index (χ3v) is 9.25. The zero-order valence-electron chi connectivity index (χ0n) is 22.4. The monoisotopic (exact) mass is 555 g/mol. The lowest BCUT2D eigenvalue weighted by atomic mass is 9.59. The van der Waals surface area contributed by atoms with E-state index in [1.807, 2.05) is 19.1 Å². The van der Waals surface area contributed by atoms with E-state index in [4.69, 9.17) is 23.7 Å². The topological polar surface area (TPSA) is 159 Å². The van der Waals surface area contributed by atoms with Crippen molar-refractivity contribution in [2.75, 3.05) is 27.6 Å². The minimum atomic E-state index is -1.31. The number of phenols is 1. The summed E-state index contributed by atoms with van der Waals surface area (Å²) >= 11 is 0. The summed E-state index contributed by atoms with van der Waals surface area (Å²) in [6.45, 7) is 2.08. The van der Waals surface area contributed by atoms with Crippen molar-refractivity contribution in [1.29, 1.82) is 0 Å². The first-order chi connectivity index (χ1) is 19.2. The van der Waals surface area contributed by atoms with Gasteiger partial charge in [-0.05, 0) is 24.1 Å². The fraction of sp³-hybridized carbons (Fsp3) is 0.517. The van der Waals surface area contributed by atoms with Gasteiger partial charge in [0.15, 0.2) is 6.23 Å². The maximum Gasteiger partial charge on any atom is 0.154 e. The standard InChI is InChI=1S/C29H33NO10/c1-11-4-12-5-13-6-17-29(9-38-10-39-17)8-16-20(25(34)22(29)18(13)23(32)19(12)28(35)30-11)24(33)21-15(36-2)7-14(31)26(37-3)27(21)40-16/h4-5,14-15,17,24,26,28,30-35H,6-10H2,1-3H3. The number of rotatable bonds is 2. The summed E-state index contributed by atoms with van der Waals surface area (Å²) in [5, 5.41) is 59.9. The first-order valence-corrected chi connectivity index (χ1v) is 13.4. The van der Waals surface area contributed by atoms with Crippen LogP contribution < -0.4 is 5.32 Å². The van der Waals surface area contributed by atoms with E-state index in [2.05, 4.69) is 5.32 Å². The molecule has 3 heterocycles. The second kappa shape index (κ2) is 9.05. The zero-order chi connectivity index (χ0) is 28.1. The van der Waals surface area contributed by atoms with Gasteiger partial charge in [0.1, 0.15) is 42.0 Å². The molecule has 7 atom stereocenters. The molecular weight excluding hydrogens is 522 g/mol. The van der Waals surface area contributed by atoms with Crippen molar-refractivity contribution in [3.05, 3.63) is 62.4 Å². The van der Waals surface area contributed by atoms with Crippen molar-refractivity contribution < 1.29 is 49.2 Å². The van der Waals surface area contributed by atoms with Crippen LogP contribution in [0.3, 0.4) is 0 Å². The first-order valence-electron chi connectivity index (χ1n) is 13.4. The lowest BCUT2D eigenvalue weighted by Gasteiger charge is -2.52. The highest BCUT2D eigenvalue weighted by Gasteiger charge is 2.58. The van der Waals surface area contributed by atoms with Crippen LogP contribution in [-0.2, 0) is 30.1 Å². The van der Waals surface area contributed by atoms with E-state index in [0.717, 1.165) is 11.3 Å². The van der Waals surface area contributed by atoms with Crippen LogP contribution in [0.15, 0.2) is 40.2 Å². The predicted octanol–water partition coefficient (Wildman–Crippen LogP) is 1.63. The SMILES string of the molecule is COC1CC(O)C(OC)C2=C1C(O)C1=C(CC34COCOC3Cc3cc5c(c(O)c3C4=C1O)C(O)NC(C)=C5)O2. The fourth-order valence-corrected chi connectivity index (χ4v) is 7.51. The lowest BCUT2D eigenvalue weighted by molar-refractivity contribution is -0.195. The second-order valence-electron chi connectivity index (χ2n) is 11.4. The number of benzene rings is 1. The van der Waals surface area contributed by atoms with Gasteiger partial charge >= 0.3 is 0 Å². The van der Waals surface area contributed by atoms with Crippen LogP contribution in [0.1, 0.15) is 48.2 Å². The molecule has 40 heavy (non-hydrogen) atoms. The van der Waals surface area contributed by atoms with E-state index in [9.17, 15) is 25.5 Å². The van der Waals surface area contributed by atoms with E-state index in [-0.39, 0.29) is 49.1 Å². The average molecular weight is 556 g/mol. The highest BCUT2D eigenvalue weighted by molar-refractivity contribution is 5.87. The molecule has 7 rings (SSSR count). The number of methoxy groups -OCH3 is 2. The second-order valence-corrected chi connectivity index (χ2v) is 11.4. The predicted molar refractivity (Wildman–Crippen MR) is 139 cm³/mol. The number of phenolic OH excluding ortho intramolecular Hbond substituents is 1. The van der Waals surface area contributed by atoms with Gasteiger partial charge in [-0.15, -0.1) is 0 Å². The summed E-state index contributed by atoms with van der Waals surface area (Å²) in [5.41, 5.74) is 2.87. The summed E-state index contributed by atoms with van der Waals surface area (Å²) in [6.07, 6.45) is -2.63. The van der Waals surface area contributed by atoms with Gasteiger partial charge in [-0.1, -0.05) is 6.07 Å². The molecule has 6 aliphatic rings. The van der Waals surface area contributed by atoms with Gasteiger partial charge in [-0.3, -0.25) is 0 Å². The van der Waals surface area contributed by atoms with Crippen molar-refractivity contribution in [2.24, 2.45) is 5.41 Å². The molecule has 1 spiro atoms. The Bertz CT molecular complexity index is 1430. The molecule has 0 saturated carbocycles. The molecule has 3 aliphatic heterocycles. The minimum absolute atomic E-state index is 0.0759. The van der Waals surface area contributed by atoms with Crippen LogP contribution in [0.4, 0.5) is 0 Å². The first kappa shape index (κ1) is 26.0. The number of aliphatic hydroxyl groups excluding tert-OH is 4. The number of fused-ring (bicyclic) bond motifs is 3. The van der Waals surface area contributed by atoms with Crippen LogP contribution in [0.5, 0.6) is 5.75 Å². The van der Waals surface area contributed by atoms with Crippen molar-refractivity contribution in [3.8, 4) is 5.75 Å². The lowest BCUT2D eigenvalue weighted by Crippen LogP contribution is -2.53. The molecule has 214 valence electrons. The van der Waals surface area contributed by atoms with Crippen LogP contribution in [0.25, 0.3) is 11.6 Å². The molecule has 3 aliphatic carbocycles. The number of nitrogens with one attached hydrogen (secondary N) is 1. The Morgan fingerprint density at radius 3 is 2.67 bits per heavy atom. The number of aromatic hydroxyl groups is 1. The van der Waals surface area contributed by atoms with Crippen molar-refractivity contribution >= 4 is 11.6 Å². The van der Waals surface area contributed by atoms with E-state index >= 15 is 0 Å². The molecule has 11 nitrogen and oxygen atoms in total. The summed E-state index contributed by atoms with van der Waals surface area (Å²) in [7, 11) is 2.94. The quantitative estimate of drug-likeness (QED) is 0.315. The molecule has 7 unspecified atom stereocenters. The minimum Gasteiger partial charge on any atom is -0.507 e. The van der Waals surface area contributed by atoms with Gasteiger partial charge in [0.05, 0.1) is 41.5 Å². The molecule has 11 heteroatoms. The summed E-state index contributed by atoms with van der Waals surface area (Å²) < 4.78 is 29.5. The average Bonchev–Trinajstić information content (AvgIpc) is 2.90. The molecule has 0 bridgehead atoms. The third-order valence-electron chi connectivity index (χ3n) is 9.25. The molecule has 6 N–H and O–H groups in total. The number of hydrogen-bond acceptors (Lipinski definition) is 11. The van der Waals surface area contributed by atoms with Gasteiger partial charge < -0.3 is 54.5 Å². The van der Waals surface area contributed by atoms with E-state index in [0.29, 0.717) is 40.0 Å². The van der Waals surface area contributed by atoms with Crippen molar-refractivity contribution in [1.82, 2.24) is 5.32 Å². The Morgan fingerprint density at radius 2 is 1.93 bits per heavy atom. The molecule has 1 saturated heterocycles. The number of hydrogen-bond donors (Lipinski definition) is 6. The van der Waals surface area contributed by atoms with E-state index in [1.165, 1.54) is 14.2 Å². The van der Waals surface area contributed by atoms with Crippen LogP contribution in [-0.4, -0.2) is 83.7 Å². The van der Waals surface area contributed by atoms with Gasteiger partial charge in [0, 0.05) is 55.9 Å². The Morgan fingerprint density at radius 1 is 1.12 bits per heavy atom. The van der Waals surface area contributed by atoms with Crippen LogP contribution in [0, 0.1) is 5.41 Å². The largest absolute Gasteiger partial charge is 0.507 e. The number of ether oxygens (including phenoxy) is 5. The molecule has 0 amide bonds. The molecule has 1 aromatic rings. The van der Waals surface area contributed by atoms with Gasteiger partial charge in [-0.25, -0.2) is 0 Å². The molecule has 0 radical (unpaired) electrons. The summed E-state index contributed by atoms with van der Waals surface area (Å²) in [6, 6.07) is 1.91. The molecule has 1 fully saturated rings. The molecule has 1 aromatic carbocycles. The van der Waals surface area contributed by atoms with Crippen LogP contribution in [0.2, 0.25) is 0 Å². The van der Waals surface area contributed by atoms with Crippen LogP contribution >= 0.6 is 0 Å². The van der Waals surface area contributed by atoms with E-state index < -0.39 is 42.2 Å². The highest BCUT2D eigenvalue weighted by atomic mass is 16.7. The van der Waals surface area contributed by atoms with E-state index in [1.54, 1.807) is 0 Å². The molecular formula is C29H33NO10. The number of allylic oxidation sites excluding steroid dienone is 2. The summed E-state index contributed by atoms with van der Waals surface area (Å²) in [5.74, 6) is 0.200. The zero-order valence-corrected chi connectivity index (χ0v) is 22.4.